The fourth-order valence-electron chi connectivity index (χ4n) is 5.55. The highest BCUT2D eigenvalue weighted by atomic mass is 16.6. The number of aryl methyl sites for hydroxylation is 2. The van der Waals surface area contributed by atoms with Crippen LogP contribution in [-0.4, -0.2) is 33.8 Å². The second-order valence-electron chi connectivity index (χ2n) is 12.0. The van der Waals surface area contributed by atoms with Gasteiger partial charge in [-0.1, -0.05) is 84.0 Å². The van der Waals surface area contributed by atoms with E-state index in [0.29, 0.717) is 30.4 Å². The molecule has 0 aromatic carbocycles. The highest BCUT2D eigenvalue weighted by Gasteiger charge is 2.29. The molecule has 0 unspecified atom stereocenters. The zero-order valence-corrected chi connectivity index (χ0v) is 27.0. The first-order valence-corrected chi connectivity index (χ1v) is 16.6. The van der Waals surface area contributed by atoms with E-state index in [9.17, 15) is 19.2 Å². The summed E-state index contributed by atoms with van der Waals surface area (Å²) in [7, 11) is 1.77. The Balaban J connectivity index is 1.34. The van der Waals surface area contributed by atoms with Crippen molar-refractivity contribution >= 4 is 11.9 Å². The minimum absolute atomic E-state index is 0.132. The van der Waals surface area contributed by atoms with Crippen LogP contribution in [0, 0.1) is 6.92 Å². The number of pyridine rings is 1. The fourth-order valence-corrected chi connectivity index (χ4v) is 5.55. The second-order valence-corrected chi connectivity index (χ2v) is 12.0. The molecule has 3 rings (SSSR count). The minimum Gasteiger partial charge on any atom is -0.463 e. The lowest BCUT2D eigenvalue weighted by atomic mass is 10.0. The Morgan fingerprint density at radius 2 is 1.57 bits per heavy atom. The molecule has 2 aromatic rings. The Hall–Kier alpha value is -3.27. The first kappa shape index (κ1) is 35.2. The molecule has 1 aliphatic heterocycles. The maximum atomic E-state index is 13.2. The standard InChI is InChI=1S/C34H52N3O7/c1-4-5-6-7-8-9-10-11-12-13-14-15-16-19-31(38)42-25-29-20-21-30(44-29)36-23-27(2)32(39)37(34(36)41)26-43-33(40)28-18-17-22-35(3)24-28/h17-18,22-24,29-30H,4-16,19-21,25-26H2,1-3H3/q+1/t29-,30+/m0/s1. The predicted octanol–water partition coefficient (Wildman–Crippen LogP) is 5.66. The van der Waals surface area contributed by atoms with Gasteiger partial charge in [-0.05, 0) is 32.3 Å². The number of hydrogen-bond acceptors (Lipinski definition) is 7. The first-order chi connectivity index (χ1) is 21.3. The van der Waals surface area contributed by atoms with Crippen LogP contribution in [-0.2, 0) is 32.8 Å². The summed E-state index contributed by atoms with van der Waals surface area (Å²) in [5, 5.41) is 0. The molecule has 10 nitrogen and oxygen atoms in total. The predicted molar refractivity (Wildman–Crippen MR) is 167 cm³/mol. The number of aromatic nitrogens is 3. The van der Waals surface area contributed by atoms with Gasteiger partial charge in [0.05, 0.1) is 6.10 Å². The average Bonchev–Trinajstić information content (AvgIpc) is 3.49. The summed E-state index contributed by atoms with van der Waals surface area (Å²) < 4.78 is 20.7. The molecule has 0 aliphatic carbocycles. The van der Waals surface area contributed by atoms with Gasteiger partial charge >= 0.3 is 17.6 Å². The molecular formula is C34H52N3O7+. The molecule has 2 atom stereocenters. The van der Waals surface area contributed by atoms with Crippen LogP contribution in [0.15, 0.2) is 40.3 Å². The largest absolute Gasteiger partial charge is 0.463 e. The van der Waals surface area contributed by atoms with Gasteiger partial charge in [0.2, 0.25) is 0 Å². The van der Waals surface area contributed by atoms with Crippen molar-refractivity contribution in [3.05, 3.63) is 62.7 Å². The van der Waals surface area contributed by atoms with Crippen LogP contribution in [0.2, 0.25) is 0 Å². The molecule has 0 N–H and O–H groups in total. The maximum absolute atomic E-state index is 13.2. The van der Waals surface area contributed by atoms with E-state index in [1.165, 1.54) is 75.0 Å². The molecule has 0 radical (unpaired) electrons. The molecule has 244 valence electrons. The van der Waals surface area contributed by atoms with Gasteiger partial charge in [0.15, 0.2) is 19.1 Å². The van der Waals surface area contributed by atoms with Crippen molar-refractivity contribution in [3.63, 3.8) is 0 Å². The Morgan fingerprint density at radius 3 is 2.20 bits per heavy atom. The molecular weight excluding hydrogens is 562 g/mol. The van der Waals surface area contributed by atoms with Crippen LogP contribution >= 0.6 is 0 Å². The number of nitrogens with zero attached hydrogens (tertiary/aromatic N) is 3. The lowest BCUT2D eigenvalue weighted by Gasteiger charge is -2.18. The van der Waals surface area contributed by atoms with E-state index in [-0.39, 0.29) is 18.7 Å². The number of carbonyl (C=O) groups is 2. The van der Waals surface area contributed by atoms with Gasteiger partial charge in [0, 0.05) is 24.2 Å². The van der Waals surface area contributed by atoms with Gasteiger partial charge in [0.25, 0.3) is 5.56 Å². The summed E-state index contributed by atoms with van der Waals surface area (Å²) in [6, 6.07) is 3.30. The van der Waals surface area contributed by atoms with Crippen LogP contribution in [0.4, 0.5) is 0 Å². The number of ether oxygens (including phenoxy) is 3. The third-order valence-electron chi connectivity index (χ3n) is 8.18. The third kappa shape index (κ3) is 11.7. The Morgan fingerprint density at radius 1 is 0.932 bits per heavy atom. The zero-order chi connectivity index (χ0) is 31.7. The molecule has 10 heteroatoms. The fraction of sp³-hybridized carbons (Fsp3) is 0.676. The molecule has 2 aromatic heterocycles. The average molecular weight is 615 g/mol. The monoisotopic (exact) mass is 614 g/mol. The van der Waals surface area contributed by atoms with Crippen LogP contribution in [0.25, 0.3) is 0 Å². The first-order valence-electron chi connectivity index (χ1n) is 16.6. The van der Waals surface area contributed by atoms with Gasteiger partial charge in [0.1, 0.15) is 25.4 Å². The minimum atomic E-state index is -0.640. The van der Waals surface area contributed by atoms with E-state index >= 15 is 0 Å². The van der Waals surface area contributed by atoms with Crippen LogP contribution in [0.1, 0.15) is 132 Å². The van der Waals surface area contributed by atoms with E-state index in [0.717, 1.165) is 23.8 Å². The number of carbonyl (C=O) groups excluding carboxylic acids is 2. The van der Waals surface area contributed by atoms with Gasteiger partial charge < -0.3 is 14.2 Å². The van der Waals surface area contributed by atoms with E-state index in [4.69, 9.17) is 14.2 Å². The molecule has 44 heavy (non-hydrogen) atoms. The van der Waals surface area contributed by atoms with Gasteiger partial charge in [-0.3, -0.25) is 14.2 Å². The molecule has 3 heterocycles. The number of unbranched alkanes of at least 4 members (excludes halogenated alkanes) is 12. The zero-order valence-electron chi connectivity index (χ0n) is 27.0. The SMILES string of the molecule is CCCCCCCCCCCCCCCC(=O)OC[C@@H]1CC[C@H](n2cc(C)c(=O)n(COC(=O)c3ccc[n+](C)c3)c2=O)O1. The van der Waals surface area contributed by atoms with Crippen LogP contribution in [0.3, 0.4) is 0 Å². The molecule has 0 amide bonds. The summed E-state index contributed by atoms with van der Waals surface area (Å²) >= 11 is 0. The van der Waals surface area contributed by atoms with Gasteiger partial charge in [-0.15, -0.1) is 0 Å². The molecule has 0 saturated carbocycles. The van der Waals surface area contributed by atoms with E-state index in [1.807, 2.05) is 0 Å². The highest BCUT2D eigenvalue weighted by Crippen LogP contribution is 2.27. The smallest absolute Gasteiger partial charge is 0.345 e. The molecule has 0 bridgehead atoms. The van der Waals surface area contributed by atoms with Gasteiger partial charge in [-0.2, -0.15) is 0 Å². The lowest BCUT2D eigenvalue weighted by molar-refractivity contribution is -0.671. The topological polar surface area (TPSA) is 110 Å². The summed E-state index contributed by atoms with van der Waals surface area (Å²) in [6.07, 6.45) is 21.7. The van der Waals surface area contributed by atoms with Crippen molar-refractivity contribution in [3.8, 4) is 0 Å². The number of rotatable bonds is 20. The Labute approximate surface area is 261 Å². The lowest BCUT2D eigenvalue weighted by Crippen LogP contribution is -2.43. The Kier molecular flexibility index (Phi) is 15.4. The second kappa shape index (κ2) is 19.2. The van der Waals surface area contributed by atoms with Crippen molar-refractivity contribution in [2.45, 2.75) is 136 Å². The van der Waals surface area contributed by atoms with Crippen molar-refractivity contribution in [2.24, 2.45) is 7.05 Å². The number of esters is 2. The summed E-state index contributed by atoms with van der Waals surface area (Å²) in [4.78, 5) is 50.6. The summed E-state index contributed by atoms with van der Waals surface area (Å²) in [5.74, 6) is -0.867. The van der Waals surface area contributed by atoms with Crippen molar-refractivity contribution in [1.82, 2.24) is 9.13 Å². The van der Waals surface area contributed by atoms with E-state index < -0.39 is 30.2 Å². The molecule has 1 saturated heterocycles. The number of hydrogen-bond donors (Lipinski definition) is 0. The highest BCUT2D eigenvalue weighted by molar-refractivity contribution is 5.88. The summed E-state index contributed by atoms with van der Waals surface area (Å²) in [5.41, 5.74) is -0.531. The van der Waals surface area contributed by atoms with E-state index in [2.05, 4.69) is 6.92 Å². The normalized spacial score (nSPS) is 16.2. The molecule has 1 fully saturated rings. The molecule has 0 spiro atoms. The van der Waals surface area contributed by atoms with E-state index in [1.54, 1.807) is 43.1 Å². The quantitative estimate of drug-likeness (QED) is 0.108. The van der Waals surface area contributed by atoms with Crippen LogP contribution in [0.5, 0.6) is 0 Å². The van der Waals surface area contributed by atoms with Crippen molar-refractivity contribution in [1.29, 1.82) is 0 Å². The summed E-state index contributed by atoms with van der Waals surface area (Å²) in [6.45, 7) is 3.47. The Bertz CT molecular complexity index is 1300. The molecule has 1 aliphatic rings. The third-order valence-corrected chi connectivity index (χ3v) is 8.18. The van der Waals surface area contributed by atoms with Crippen molar-refractivity contribution in [2.75, 3.05) is 6.61 Å². The van der Waals surface area contributed by atoms with Gasteiger partial charge in [-0.25, -0.2) is 18.7 Å². The maximum Gasteiger partial charge on any atom is 0.345 e. The van der Waals surface area contributed by atoms with Crippen LogP contribution < -0.4 is 15.8 Å². The van der Waals surface area contributed by atoms with Crippen molar-refractivity contribution < 1.29 is 28.4 Å².